The van der Waals surface area contributed by atoms with Gasteiger partial charge in [-0.15, -0.1) is 6.58 Å². The summed E-state index contributed by atoms with van der Waals surface area (Å²) >= 11 is 0. The second-order valence-corrected chi connectivity index (χ2v) is 4.72. The smallest absolute Gasteiger partial charge is 0.353 e. The Hall–Kier alpha value is -2.27. The van der Waals surface area contributed by atoms with Crippen LogP contribution in [-0.4, -0.2) is 32.4 Å². The summed E-state index contributed by atoms with van der Waals surface area (Å²) in [5, 5.41) is 0. The summed E-state index contributed by atoms with van der Waals surface area (Å²) in [7, 11) is 1.29. The van der Waals surface area contributed by atoms with Crippen LogP contribution in [0.1, 0.15) is 11.1 Å². The maximum Gasteiger partial charge on any atom is 0.353 e. The zero-order valence-electron chi connectivity index (χ0n) is 12.0. The average molecular weight is 289 g/mol. The highest BCUT2D eigenvalue weighted by molar-refractivity contribution is 5.92. The molecule has 0 spiro atoms. The highest BCUT2D eigenvalue weighted by Crippen LogP contribution is 2.23. The van der Waals surface area contributed by atoms with Gasteiger partial charge in [0, 0.05) is 0 Å². The molecule has 21 heavy (non-hydrogen) atoms. The van der Waals surface area contributed by atoms with Crippen molar-refractivity contribution < 1.29 is 19.0 Å². The Labute approximate surface area is 124 Å². The molecule has 5 heteroatoms. The highest BCUT2D eigenvalue weighted by Gasteiger charge is 2.23. The molecule has 0 amide bonds. The molecule has 1 fully saturated rings. The number of hydrogen-bond acceptors (Lipinski definition) is 5. The number of rotatable bonds is 7. The minimum absolute atomic E-state index is 0.0575. The zero-order chi connectivity index (χ0) is 15.2. The molecule has 112 valence electrons. The van der Waals surface area contributed by atoms with Gasteiger partial charge in [0.1, 0.15) is 24.2 Å². The molecule has 1 aliphatic heterocycles. The fraction of sp³-hybridized carbons (Fsp3) is 0.312. The first-order valence-electron chi connectivity index (χ1n) is 6.67. The van der Waals surface area contributed by atoms with E-state index in [2.05, 4.69) is 11.3 Å². The van der Waals surface area contributed by atoms with Crippen LogP contribution >= 0.6 is 0 Å². The summed E-state index contributed by atoms with van der Waals surface area (Å²) in [6, 6.07) is 5.61. The molecule has 0 bridgehead atoms. The Bertz CT molecular complexity index is 561. The van der Waals surface area contributed by atoms with Crippen LogP contribution in [0.4, 0.5) is 0 Å². The Morgan fingerprint density at radius 2 is 2.33 bits per heavy atom. The lowest BCUT2D eigenvalue weighted by atomic mass is 10.1. The van der Waals surface area contributed by atoms with Crippen LogP contribution < -0.4 is 10.5 Å². The first-order valence-corrected chi connectivity index (χ1v) is 6.67. The van der Waals surface area contributed by atoms with E-state index in [4.69, 9.17) is 15.2 Å². The SMILES string of the molecule is C=CCc1cc(C=C(N)C(=O)OC)ccc1OCC1CO1. The highest BCUT2D eigenvalue weighted by atomic mass is 16.6. The van der Waals surface area contributed by atoms with Crippen LogP contribution in [0.2, 0.25) is 0 Å². The Kier molecular flexibility index (Phi) is 5.00. The average Bonchev–Trinajstić information content (AvgIpc) is 3.30. The maximum absolute atomic E-state index is 11.3. The molecule has 2 rings (SSSR count). The molecule has 1 aromatic rings. The van der Waals surface area contributed by atoms with Gasteiger partial charge in [-0.1, -0.05) is 12.1 Å². The number of methoxy groups -OCH3 is 1. The van der Waals surface area contributed by atoms with Crippen molar-refractivity contribution in [1.82, 2.24) is 0 Å². The van der Waals surface area contributed by atoms with E-state index in [1.165, 1.54) is 7.11 Å². The van der Waals surface area contributed by atoms with Crippen molar-refractivity contribution in [3.63, 3.8) is 0 Å². The third kappa shape index (κ3) is 4.36. The lowest BCUT2D eigenvalue weighted by Crippen LogP contribution is -2.12. The van der Waals surface area contributed by atoms with Gasteiger partial charge in [0.2, 0.25) is 0 Å². The molecule has 0 radical (unpaired) electrons. The van der Waals surface area contributed by atoms with E-state index in [1.807, 2.05) is 18.2 Å². The van der Waals surface area contributed by atoms with Gasteiger partial charge in [-0.2, -0.15) is 0 Å². The largest absolute Gasteiger partial charge is 0.490 e. The molecular weight excluding hydrogens is 270 g/mol. The third-order valence-corrected chi connectivity index (χ3v) is 3.02. The molecule has 1 aromatic carbocycles. The van der Waals surface area contributed by atoms with Gasteiger partial charge in [-0.05, 0) is 35.8 Å². The Morgan fingerprint density at radius 1 is 1.57 bits per heavy atom. The molecule has 0 saturated carbocycles. The Morgan fingerprint density at radius 3 is 2.95 bits per heavy atom. The predicted molar refractivity (Wildman–Crippen MR) is 79.8 cm³/mol. The lowest BCUT2D eigenvalue weighted by molar-refractivity contribution is -0.136. The second-order valence-electron chi connectivity index (χ2n) is 4.72. The monoisotopic (exact) mass is 289 g/mol. The van der Waals surface area contributed by atoms with Gasteiger partial charge in [0.15, 0.2) is 0 Å². The number of hydrogen-bond donors (Lipinski definition) is 1. The molecule has 0 aliphatic carbocycles. The first kappa shape index (κ1) is 15.1. The van der Waals surface area contributed by atoms with Gasteiger partial charge >= 0.3 is 5.97 Å². The van der Waals surface area contributed by atoms with E-state index < -0.39 is 5.97 Å². The summed E-state index contributed by atoms with van der Waals surface area (Å²) in [6.45, 7) is 5.04. The fourth-order valence-electron chi connectivity index (χ4n) is 1.85. The Balaban J connectivity index is 2.17. The standard InChI is InChI=1S/C16H19NO4/c1-3-4-12-7-11(8-14(17)16(18)19-2)5-6-15(12)21-10-13-9-20-13/h3,5-8,13H,1,4,9-10,17H2,2H3. The molecule has 2 N–H and O–H groups in total. The van der Waals surface area contributed by atoms with E-state index in [0.717, 1.165) is 23.5 Å². The summed E-state index contributed by atoms with van der Waals surface area (Å²) < 4.78 is 15.4. The molecule has 1 aliphatic rings. The second kappa shape index (κ2) is 6.95. The van der Waals surface area contributed by atoms with Crippen LogP contribution in [0, 0.1) is 0 Å². The summed E-state index contributed by atoms with van der Waals surface area (Å²) in [6.07, 6.45) is 4.25. The van der Waals surface area contributed by atoms with E-state index in [1.54, 1.807) is 12.2 Å². The summed E-state index contributed by atoms with van der Waals surface area (Å²) in [5.41, 5.74) is 7.50. The fourth-order valence-corrected chi connectivity index (χ4v) is 1.85. The number of ether oxygens (including phenoxy) is 3. The number of allylic oxidation sites excluding steroid dienone is 1. The summed E-state index contributed by atoms with van der Waals surface area (Å²) in [4.78, 5) is 11.3. The van der Waals surface area contributed by atoms with Crippen LogP contribution in [0.25, 0.3) is 6.08 Å². The molecule has 0 aromatic heterocycles. The molecule has 1 atom stereocenters. The molecule has 1 saturated heterocycles. The summed E-state index contributed by atoms with van der Waals surface area (Å²) in [5.74, 6) is 0.241. The molecule has 5 nitrogen and oxygen atoms in total. The van der Waals surface area contributed by atoms with Crippen molar-refractivity contribution >= 4 is 12.0 Å². The number of epoxide rings is 1. The predicted octanol–water partition coefficient (Wildman–Crippen LogP) is 1.67. The minimum atomic E-state index is -0.550. The molecule has 1 unspecified atom stereocenters. The van der Waals surface area contributed by atoms with Crippen LogP contribution in [-0.2, 0) is 20.7 Å². The number of benzene rings is 1. The number of esters is 1. The van der Waals surface area contributed by atoms with Crippen molar-refractivity contribution in [3.8, 4) is 5.75 Å². The van der Waals surface area contributed by atoms with E-state index in [-0.39, 0.29) is 11.8 Å². The third-order valence-electron chi connectivity index (χ3n) is 3.02. The van der Waals surface area contributed by atoms with Crippen LogP contribution in [0.3, 0.4) is 0 Å². The van der Waals surface area contributed by atoms with Crippen LogP contribution in [0.15, 0.2) is 36.6 Å². The minimum Gasteiger partial charge on any atom is -0.490 e. The zero-order valence-corrected chi connectivity index (χ0v) is 12.0. The van der Waals surface area contributed by atoms with Crippen molar-refractivity contribution in [2.45, 2.75) is 12.5 Å². The van der Waals surface area contributed by atoms with Crippen molar-refractivity contribution in [2.75, 3.05) is 20.3 Å². The van der Waals surface area contributed by atoms with Crippen molar-refractivity contribution in [2.24, 2.45) is 5.73 Å². The van der Waals surface area contributed by atoms with E-state index >= 15 is 0 Å². The normalized spacial score (nSPS) is 17.2. The van der Waals surface area contributed by atoms with Crippen molar-refractivity contribution in [3.05, 3.63) is 47.7 Å². The van der Waals surface area contributed by atoms with Gasteiger partial charge in [-0.25, -0.2) is 4.79 Å². The van der Waals surface area contributed by atoms with Crippen molar-refractivity contribution in [1.29, 1.82) is 0 Å². The molecular formula is C16H19NO4. The number of carbonyl (C=O) groups is 1. The quantitative estimate of drug-likeness (QED) is 0.358. The van der Waals surface area contributed by atoms with Gasteiger partial charge in [0.05, 0.1) is 13.7 Å². The maximum atomic E-state index is 11.3. The van der Waals surface area contributed by atoms with Gasteiger partial charge in [0.25, 0.3) is 0 Å². The topological polar surface area (TPSA) is 74.1 Å². The van der Waals surface area contributed by atoms with Gasteiger partial charge < -0.3 is 19.9 Å². The number of carbonyl (C=O) groups excluding carboxylic acids is 1. The van der Waals surface area contributed by atoms with Gasteiger partial charge in [-0.3, -0.25) is 0 Å². The van der Waals surface area contributed by atoms with E-state index in [9.17, 15) is 4.79 Å². The number of nitrogens with two attached hydrogens (primary N) is 1. The first-order chi connectivity index (χ1) is 10.1. The molecule has 1 heterocycles. The van der Waals surface area contributed by atoms with E-state index in [0.29, 0.717) is 13.0 Å². The lowest BCUT2D eigenvalue weighted by Gasteiger charge is -2.10. The van der Waals surface area contributed by atoms with Crippen LogP contribution in [0.5, 0.6) is 5.75 Å².